The SMILES string of the molecule is NC(=O)c1csc(NC(=O)C2CCCN2)n1. The highest BCUT2D eigenvalue weighted by molar-refractivity contribution is 7.14. The van der Waals surface area contributed by atoms with Gasteiger partial charge in [-0.2, -0.15) is 0 Å². The van der Waals surface area contributed by atoms with Crippen LogP contribution in [0.3, 0.4) is 0 Å². The Morgan fingerprint density at radius 3 is 3.00 bits per heavy atom. The molecule has 1 saturated heterocycles. The third kappa shape index (κ3) is 2.37. The first-order valence-corrected chi connectivity index (χ1v) is 5.84. The number of nitrogens with two attached hydrogens (primary N) is 1. The number of carbonyl (C=O) groups is 2. The van der Waals surface area contributed by atoms with Gasteiger partial charge < -0.3 is 16.4 Å². The molecule has 1 fully saturated rings. The molecule has 1 atom stereocenters. The van der Waals surface area contributed by atoms with E-state index in [2.05, 4.69) is 15.6 Å². The standard InChI is InChI=1S/C9H12N4O2S/c10-7(14)6-4-16-9(12-6)13-8(15)5-2-1-3-11-5/h4-5,11H,1-3H2,(H2,10,14)(H,12,13,15). The Hall–Kier alpha value is -1.47. The Morgan fingerprint density at radius 1 is 1.62 bits per heavy atom. The Bertz CT molecular complexity index is 411. The van der Waals surface area contributed by atoms with Crippen LogP contribution in [0, 0.1) is 0 Å². The van der Waals surface area contributed by atoms with E-state index in [1.807, 2.05) is 0 Å². The zero-order valence-corrected chi connectivity index (χ0v) is 9.34. The second-order valence-electron chi connectivity index (χ2n) is 3.54. The predicted molar refractivity (Wildman–Crippen MR) is 60.3 cm³/mol. The van der Waals surface area contributed by atoms with Gasteiger partial charge in [-0.25, -0.2) is 4.98 Å². The summed E-state index contributed by atoms with van der Waals surface area (Å²) >= 11 is 1.19. The number of nitrogens with one attached hydrogen (secondary N) is 2. The van der Waals surface area contributed by atoms with E-state index in [0.29, 0.717) is 5.13 Å². The third-order valence-corrected chi connectivity index (χ3v) is 3.12. The lowest BCUT2D eigenvalue weighted by Gasteiger charge is -2.08. The van der Waals surface area contributed by atoms with Crippen molar-refractivity contribution in [2.75, 3.05) is 11.9 Å². The molecule has 1 aliphatic rings. The van der Waals surface area contributed by atoms with Crippen molar-refractivity contribution in [2.24, 2.45) is 5.73 Å². The van der Waals surface area contributed by atoms with E-state index >= 15 is 0 Å². The van der Waals surface area contributed by atoms with E-state index in [1.165, 1.54) is 16.7 Å². The lowest BCUT2D eigenvalue weighted by atomic mass is 10.2. The van der Waals surface area contributed by atoms with Crippen LogP contribution in [0.2, 0.25) is 0 Å². The molecule has 1 aromatic heterocycles. The molecule has 7 heteroatoms. The van der Waals surface area contributed by atoms with Crippen LogP contribution in [-0.2, 0) is 4.79 Å². The van der Waals surface area contributed by atoms with Gasteiger partial charge in [0.2, 0.25) is 5.91 Å². The minimum absolute atomic E-state index is 0.108. The lowest BCUT2D eigenvalue weighted by Crippen LogP contribution is -2.35. The molecule has 2 rings (SSSR count). The molecule has 1 unspecified atom stereocenters. The maximum Gasteiger partial charge on any atom is 0.268 e. The number of aromatic nitrogens is 1. The number of thiazole rings is 1. The summed E-state index contributed by atoms with van der Waals surface area (Å²) in [5, 5.41) is 7.67. The summed E-state index contributed by atoms with van der Waals surface area (Å²) in [6, 6.07) is -0.152. The maximum absolute atomic E-state index is 11.7. The summed E-state index contributed by atoms with van der Waals surface area (Å²) in [5.41, 5.74) is 5.24. The average Bonchev–Trinajstić information content (AvgIpc) is 2.87. The van der Waals surface area contributed by atoms with Gasteiger partial charge in [-0.15, -0.1) is 11.3 Å². The van der Waals surface area contributed by atoms with Gasteiger partial charge in [-0.05, 0) is 19.4 Å². The van der Waals surface area contributed by atoms with E-state index < -0.39 is 5.91 Å². The van der Waals surface area contributed by atoms with E-state index in [-0.39, 0.29) is 17.6 Å². The molecular weight excluding hydrogens is 228 g/mol. The molecule has 2 heterocycles. The summed E-state index contributed by atoms with van der Waals surface area (Å²) in [6.07, 6.45) is 1.84. The number of primary amides is 1. The van der Waals surface area contributed by atoms with Gasteiger partial charge in [-0.3, -0.25) is 9.59 Å². The second-order valence-corrected chi connectivity index (χ2v) is 4.40. The molecule has 1 aliphatic heterocycles. The Kier molecular flexibility index (Phi) is 3.16. The molecule has 0 aliphatic carbocycles. The summed E-state index contributed by atoms with van der Waals surface area (Å²) in [6.45, 7) is 0.864. The smallest absolute Gasteiger partial charge is 0.268 e. The Morgan fingerprint density at radius 2 is 2.44 bits per heavy atom. The van der Waals surface area contributed by atoms with Crippen molar-refractivity contribution in [2.45, 2.75) is 18.9 Å². The van der Waals surface area contributed by atoms with Gasteiger partial charge in [0.1, 0.15) is 5.69 Å². The quantitative estimate of drug-likeness (QED) is 0.689. The maximum atomic E-state index is 11.7. The summed E-state index contributed by atoms with van der Waals surface area (Å²) < 4.78 is 0. The van der Waals surface area contributed by atoms with E-state index in [4.69, 9.17) is 5.73 Å². The number of hydrogen-bond acceptors (Lipinski definition) is 5. The van der Waals surface area contributed by atoms with Crippen LogP contribution in [0.25, 0.3) is 0 Å². The molecule has 16 heavy (non-hydrogen) atoms. The van der Waals surface area contributed by atoms with Crippen LogP contribution in [0.5, 0.6) is 0 Å². The van der Waals surface area contributed by atoms with Crippen molar-refractivity contribution >= 4 is 28.3 Å². The molecule has 2 amide bonds. The highest BCUT2D eigenvalue weighted by Gasteiger charge is 2.22. The molecule has 4 N–H and O–H groups in total. The lowest BCUT2D eigenvalue weighted by molar-refractivity contribution is -0.117. The van der Waals surface area contributed by atoms with Crippen LogP contribution in [-0.4, -0.2) is 29.4 Å². The van der Waals surface area contributed by atoms with Crippen LogP contribution in [0.1, 0.15) is 23.3 Å². The van der Waals surface area contributed by atoms with Gasteiger partial charge >= 0.3 is 0 Å². The molecule has 86 valence electrons. The van der Waals surface area contributed by atoms with Crippen molar-refractivity contribution in [3.63, 3.8) is 0 Å². The third-order valence-electron chi connectivity index (χ3n) is 2.36. The molecule has 1 aromatic rings. The number of rotatable bonds is 3. The molecular formula is C9H12N4O2S. The molecule has 0 saturated carbocycles. The number of hydrogen-bond donors (Lipinski definition) is 3. The minimum atomic E-state index is -0.587. The van der Waals surface area contributed by atoms with Crippen molar-refractivity contribution in [3.05, 3.63) is 11.1 Å². The largest absolute Gasteiger partial charge is 0.364 e. The number of nitrogens with zero attached hydrogens (tertiary/aromatic N) is 1. The van der Waals surface area contributed by atoms with Crippen molar-refractivity contribution in [3.8, 4) is 0 Å². The van der Waals surface area contributed by atoms with E-state index in [9.17, 15) is 9.59 Å². The summed E-state index contributed by atoms with van der Waals surface area (Å²) in [4.78, 5) is 26.4. The molecule has 0 radical (unpaired) electrons. The van der Waals surface area contributed by atoms with Crippen LogP contribution < -0.4 is 16.4 Å². The van der Waals surface area contributed by atoms with Gasteiger partial charge in [0, 0.05) is 5.38 Å². The first-order valence-electron chi connectivity index (χ1n) is 4.96. The topological polar surface area (TPSA) is 97.1 Å². The molecule has 6 nitrogen and oxygen atoms in total. The first kappa shape index (κ1) is 11.0. The van der Waals surface area contributed by atoms with Gasteiger partial charge in [0.25, 0.3) is 5.91 Å². The monoisotopic (exact) mass is 240 g/mol. The molecule has 0 spiro atoms. The minimum Gasteiger partial charge on any atom is -0.364 e. The number of carbonyl (C=O) groups excluding carboxylic acids is 2. The normalized spacial score (nSPS) is 19.6. The number of amides is 2. The van der Waals surface area contributed by atoms with Crippen LogP contribution >= 0.6 is 11.3 Å². The first-order chi connectivity index (χ1) is 7.66. The van der Waals surface area contributed by atoms with Crippen molar-refractivity contribution < 1.29 is 9.59 Å². The zero-order valence-electron chi connectivity index (χ0n) is 8.53. The van der Waals surface area contributed by atoms with Crippen molar-refractivity contribution in [1.82, 2.24) is 10.3 Å². The van der Waals surface area contributed by atoms with Gasteiger partial charge in [0.15, 0.2) is 5.13 Å². The fraction of sp³-hybridized carbons (Fsp3) is 0.444. The zero-order chi connectivity index (χ0) is 11.5. The predicted octanol–water partition coefficient (Wildman–Crippen LogP) is -0.0675. The fourth-order valence-corrected chi connectivity index (χ4v) is 2.25. The van der Waals surface area contributed by atoms with Crippen molar-refractivity contribution in [1.29, 1.82) is 0 Å². The van der Waals surface area contributed by atoms with E-state index in [0.717, 1.165) is 19.4 Å². The highest BCUT2D eigenvalue weighted by atomic mass is 32.1. The Balaban J connectivity index is 1.97. The fourth-order valence-electron chi connectivity index (χ4n) is 1.55. The summed E-state index contributed by atoms with van der Waals surface area (Å²) in [7, 11) is 0. The van der Waals surface area contributed by atoms with Crippen LogP contribution in [0.4, 0.5) is 5.13 Å². The second kappa shape index (κ2) is 4.58. The molecule has 0 bridgehead atoms. The van der Waals surface area contributed by atoms with Crippen LogP contribution in [0.15, 0.2) is 5.38 Å². The van der Waals surface area contributed by atoms with Gasteiger partial charge in [0.05, 0.1) is 6.04 Å². The number of anilines is 1. The average molecular weight is 240 g/mol. The Labute approximate surface area is 96.2 Å². The van der Waals surface area contributed by atoms with Gasteiger partial charge in [-0.1, -0.05) is 0 Å². The summed E-state index contributed by atoms with van der Waals surface area (Å²) in [5.74, 6) is -0.696. The van der Waals surface area contributed by atoms with E-state index in [1.54, 1.807) is 0 Å². The molecule has 0 aromatic carbocycles. The highest BCUT2D eigenvalue weighted by Crippen LogP contribution is 2.16.